The molecule has 0 saturated carbocycles. The van der Waals surface area contributed by atoms with Crippen molar-refractivity contribution in [3.05, 3.63) is 20.8 Å². The van der Waals surface area contributed by atoms with Gasteiger partial charge in [0.1, 0.15) is 4.83 Å². The van der Waals surface area contributed by atoms with E-state index in [0.717, 1.165) is 46.4 Å². The molecule has 94 valence electrons. The summed E-state index contributed by atoms with van der Waals surface area (Å²) in [5.74, 6) is 1.73. The van der Waals surface area contributed by atoms with Crippen molar-refractivity contribution in [2.75, 3.05) is 5.75 Å². The van der Waals surface area contributed by atoms with Crippen molar-refractivity contribution in [3.8, 4) is 0 Å². The van der Waals surface area contributed by atoms with Crippen molar-refractivity contribution in [2.24, 2.45) is 5.92 Å². The zero-order valence-corrected chi connectivity index (χ0v) is 11.9. The maximum absolute atomic E-state index is 12.6. The SMILES string of the molecule is C[C@@H]1CCc2c(sc3nc4n(c(=O)c23)CCS4)C1. The first-order valence-electron chi connectivity index (χ1n) is 6.42. The first-order valence-corrected chi connectivity index (χ1v) is 8.22. The molecule has 2 aromatic rings. The van der Waals surface area contributed by atoms with E-state index in [1.54, 1.807) is 23.1 Å². The Hall–Kier alpha value is -0.810. The second-order valence-corrected chi connectivity index (χ2v) is 7.38. The number of aryl methyl sites for hydroxylation is 1. The van der Waals surface area contributed by atoms with Gasteiger partial charge in [-0.05, 0) is 30.7 Å². The first kappa shape index (κ1) is 11.1. The van der Waals surface area contributed by atoms with E-state index in [1.807, 2.05) is 4.57 Å². The molecule has 0 unspecified atom stereocenters. The molecule has 3 heterocycles. The van der Waals surface area contributed by atoms with Crippen LogP contribution in [0.1, 0.15) is 23.8 Å². The van der Waals surface area contributed by atoms with Crippen molar-refractivity contribution >= 4 is 33.3 Å². The fourth-order valence-electron chi connectivity index (χ4n) is 2.94. The summed E-state index contributed by atoms with van der Waals surface area (Å²) in [6.07, 6.45) is 3.38. The Morgan fingerprint density at radius 3 is 3.22 bits per heavy atom. The molecule has 4 rings (SSSR count). The van der Waals surface area contributed by atoms with Gasteiger partial charge < -0.3 is 0 Å². The van der Waals surface area contributed by atoms with Crippen LogP contribution >= 0.6 is 23.1 Å². The van der Waals surface area contributed by atoms with Crippen LogP contribution in [0.3, 0.4) is 0 Å². The van der Waals surface area contributed by atoms with Crippen molar-refractivity contribution in [3.63, 3.8) is 0 Å². The minimum Gasteiger partial charge on any atom is -0.286 e. The van der Waals surface area contributed by atoms with Crippen LogP contribution in [-0.2, 0) is 19.4 Å². The van der Waals surface area contributed by atoms with E-state index in [2.05, 4.69) is 6.92 Å². The van der Waals surface area contributed by atoms with E-state index in [1.165, 1.54) is 16.9 Å². The summed E-state index contributed by atoms with van der Waals surface area (Å²) < 4.78 is 1.86. The zero-order chi connectivity index (χ0) is 12.3. The summed E-state index contributed by atoms with van der Waals surface area (Å²) in [5.41, 5.74) is 1.50. The Kier molecular flexibility index (Phi) is 2.36. The highest BCUT2D eigenvalue weighted by Gasteiger charge is 2.25. The van der Waals surface area contributed by atoms with Gasteiger partial charge in [0.05, 0.1) is 5.39 Å². The van der Waals surface area contributed by atoms with E-state index in [4.69, 9.17) is 4.98 Å². The number of nitrogens with zero attached hydrogens (tertiary/aromatic N) is 2. The lowest BCUT2D eigenvalue weighted by atomic mass is 9.89. The highest BCUT2D eigenvalue weighted by atomic mass is 32.2. The van der Waals surface area contributed by atoms with Crippen LogP contribution in [0, 0.1) is 5.92 Å². The summed E-state index contributed by atoms with van der Waals surface area (Å²) in [5, 5.41) is 1.84. The van der Waals surface area contributed by atoms with Gasteiger partial charge in [0.15, 0.2) is 5.16 Å². The molecular formula is C13H14N2OS2. The van der Waals surface area contributed by atoms with Crippen LogP contribution in [0.15, 0.2) is 9.95 Å². The van der Waals surface area contributed by atoms with Crippen LogP contribution in [0.2, 0.25) is 0 Å². The van der Waals surface area contributed by atoms with Gasteiger partial charge in [0, 0.05) is 17.2 Å². The standard InChI is InChI=1S/C13H14N2OS2/c1-7-2-3-8-9(6-7)18-11-10(8)12(16)15-4-5-17-13(15)14-11/h7H,2-6H2,1H3/t7-/m1/s1. The average Bonchev–Trinajstić information content (AvgIpc) is 2.92. The van der Waals surface area contributed by atoms with Crippen LogP contribution in [-0.4, -0.2) is 15.3 Å². The van der Waals surface area contributed by atoms with Crippen molar-refractivity contribution in [1.82, 2.24) is 9.55 Å². The third kappa shape index (κ3) is 1.43. The van der Waals surface area contributed by atoms with Crippen LogP contribution < -0.4 is 5.56 Å². The normalized spacial score (nSPS) is 22.2. The maximum Gasteiger partial charge on any atom is 0.263 e. The Balaban J connectivity index is 2.05. The van der Waals surface area contributed by atoms with Crippen LogP contribution in [0.5, 0.6) is 0 Å². The van der Waals surface area contributed by atoms with Crippen molar-refractivity contribution in [1.29, 1.82) is 0 Å². The summed E-state index contributed by atoms with van der Waals surface area (Å²) in [6, 6.07) is 0. The van der Waals surface area contributed by atoms with Gasteiger partial charge in [0.2, 0.25) is 0 Å². The summed E-state index contributed by atoms with van der Waals surface area (Å²) in [7, 11) is 0. The quantitative estimate of drug-likeness (QED) is 0.695. The first-order chi connectivity index (χ1) is 8.74. The Morgan fingerprint density at radius 2 is 2.33 bits per heavy atom. The molecule has 0 bridgehead atoms. The number of hydrogen-bond acceptors (Lipinski definition) is 4. The molecule has 5 heteroatoms. The lowest BCUT2D eigenvalue weighted by molar-refractivity contribution is 0.509. The van der Waals surface area contributed by atoms with Crippen LogP contribution in [0.4, 0.5) is 0 Å². The second kappa shape index (κ2) is 3.84. The molecule has 3 nitrogen and oxygen atoms in total. The van der Waals surface area contributed by atoms with E-state index < -0.39 is 0 Å². The summed E-state index contributed by atoms with van der Waals surface area (Å²) in [6.45, 7) is 3.12. The van der Waals surface area contributed by atoms with Crippen LogP contribution in [0.25, 0.3) is 10.2 Å². The van der Waals surface area contributed by atoms with E-state index in [-0.39, 0.29) is 5.56 Å². The number of fused-ring (bicyclic) bond motifs is 4. The Morgan fingerprint density at radius 1 is 1.44 bits per heavy atom. The lowest BCUT2D eigenvalue weighted by Gasteiger charge is -2.17. The zero-order valence-electron chi connectivity index (χ0n) is 10.2. The molecule has 0 spiro atoms. The van der Waals surface area contributed by atoms with Gasteiger partial charge in [0.25, 0.3) is 5.56 Å². The third-order valence-corrected chi connectivity index (χ3v) is 6.03. The fourth-order valence-corrected chi connectivity index (χ4v) is 5.31. The fraction of sp³-hybridized carbons (Fsp3) is 0.538. The predicted molar refractivity (Wildman–Crippen MR) is 75.8 cm³/mol. The highest BCUT2D eigenvalue weighted by Crippen LogP contribution is 2.37. The number of hydrogen-bond donors (Lipinski definition) is 0. The minimum atomic E-state index is 0.201. The Labute approximate surface area is 113 Å². The molecule has 0 amide bonds. The molecule has 0 aromatic carbocycles. The van der Waals surface area contributed by atoms with Crippen molar-refractivity contribution in [2.45, 2.75) is 37.9 Å². The molecule has 0 N–H and O–H groups in total. The largest absolute Gasteiger partial charge is 0.286 e. The smallest absolute Gasteiger partial charge is 0.263 e. The average molecular weight is 278 g/mol. The van der Waals surface area contributed by atoms with Gasteiger partial charge in [-0.3, -0.25) is 9.36 Å². The number of thiophene rings is 1. The maximum atomic E-state index is 12.6. The van der Waals surface area contributed by atoms with Gasteiger partial charge in [-0.2, -0.15) is 0 Å². The monoisotopic (exact) mass is 278 g/mol. The van der Waals surface area contributed by atoms with Gasteiger partial charge >= 0.3 is 0 Å². The predicted octanol–water partition coefficient (Wildman–Crippen LogP) is 2.69. The Bertz CT molecular complexity index is 701. The molecule has 2 aromatic heterocycles. The number of aromatic nitrogens is 2. The van der Waals surface area contributed by atoms with Crippen molar-refractivity contribution < 1.29 is 0 Å². The molecule has 0 saturated heterocycles. The molecule has 18 heavy (non-hydrogen) atoms. The van der Waals surface area contributed by atoms with E-state index >= 15 is 0 Å². The molecule has 0 fully saturated rings. The number of thioether (sulfide) groups is 1. The third-order valence-electron chi connectivity index (χ3n) is 3.93. The number of rotatable bonds is 0. The molecule has 0 radical (unpaired) electrons. The second-order valence-electron chi connectivity index (χ2n) is 5.23. The topological polar surface area (TPSA) is 34.9 Å². The van der Waals surface area contributed by atoms with E-state index in [0.29, 0.717) is 0 Å². The highest BCUT2D eigenvalue weighted by molar-refractivity contribution is 7.99. The van der Waals surface area contributed by atoms with Gasteiger partial charge in [-0.25, -0.2) is 4.98 Å². The van der Waals surface area contributed by atoms with Gasteiger partial charge in [-0.15, -0.1) is 11.3 Å². The molecule has 1 aliphatic carbocycles. The molecule has 1 atom stereocenters. The van der Waals surface area contributed by atoms with Gasteiger partial charge in [-0.1, -0.05) is 18.7 Å². The minimum absolute atomic E-state index is 0.201. The molecule has 1 aliphatic heterocycles. The molecular weight excluding hydrogens is 264 g/mol. The summed E-state index contributed by atoms with van der Waals surface area (Å²) >= 11 is 3.45. The molecule has 2 aliphatic rings. The summed E-state index contributed by atoms with van der Waals surface area (Å²) in [4.78, 5) is 19.6. The lowest BCUT2D eigenvalue weighted by Crippen LogP contribution is -2.21. The van der Waals surface area contributed by atoms with E-state index in [9.17, 15) is 4.79 Å².